The number of benzene rings is 2. The molecule has 2 nitrogen and oxygen atoms in total. The van der Waals surface area contributed by atoms with Crippen LogP contribution in [0.1, 0.15) is 23.7 Å². The summed E-state index contributed by atoms with van der Waals surface area (Å²) in [5.74, 6) is 0.808. The van der Waals surface area contributed by atoms with Crippen LogP contribution >= 0.6 is 11.6 Å². The van der Waals surface area contributed by atoms with Crippen molar-refractivity contribution in [2.24, 2.45) is 0 Å². The van der Waals surface area contributed by atoms with Gasteiger partial charge in [-0.15, -0.1) is 0 Å². The quantitative estimate of drug-likeness (QED) is 0.761. The Bertz CT molecular complexity index is 588. The number of ketones is 1. The van der Waals surface area contributed by atoms with E-state index < -0.39 is 0 Å². The van der Waals surface area contributed by atoms with Gasteiger partial charge in [0.15, 0.2) is 5.78 Å². The van der Waals surface area contributed by atoms with Gasteiger partial charge < -0.3 is 4.74 Å². The Balaban J connectivity index is 2.32. The fraction of sp³-hybridized carbons (Fsp3) is 0.188. The van der Waals surface area contributed by atoms with E-state index in [4.69, 9.17) is 16.3 Å². The second-order valence-corrected chi connectivity index (χ2v) is 4.61. The first kappa shape index (κ1) is 13.6. The molecule has 98 valence electrons. The number of carbonyl (C=O) groups excluding carboxylic acids is 1. The van der Waals surface area contributed by atoms with E-state index in [1.54, 1.807) is 7.11 Å². The van der Waals surface area contributed by atoms with Crippen molar-refractivity contribution in [1.29, 1.82) is 0 Å². The predicted octanol–water partition coefficient (Wildman–Crippen LogP) is 4.61. The number of halogens is 1. The van der Waals surface area contributed by atoms with E-state index in [0.29, 0.717) is 17.2 Å². The molecular weight excluding hydrogens is 260 g/mol. The van der Waals surface area contributed by atoms with Gasteiger partial charge in [0.2, 0.25) is 0 Å². The number of hydrogen-bond donors (Lipinski definition) is 0. The van der Waals surface area contributed by atoms with E-state index in [1.807, 2.05) is 49.4 Å². The highest BCUT2D eigenvalue weighted by Gasteiger charge is 2.06. The zero-order valence-electron chi connectivity index (χ0n) is 10.9. The molecule has 0 unspecified atom stereocenters. The van der Waals surface area contributed by atoms with Crippen molar-refractivity contribution in [2.45, 2.75) is 13.3 Å². The summed E-state index contributed by atoms with van der Waals surface area (Å²) in [7, 11) is 1.59. The molecule has 0 atom stereocenters. The Labute approximate surface area is 118 Å². The van der Waals surface area contributed by atoms with Crippen LogP contribution in [0.15, 0.2) is 42.5 Å². The number of Topliss-reactive ketones (excluding diaryl/α,β-unsaturated/α-hetero) is 1. The zero-order valence-corrected chi connectivity index (χ0v) is 11.7. The predicted molar refractivity (Wildman–Crippen MR) is 78.1 cm³/mol. The van der Waals surface area contributed by atoms with Gasteiger partial charge in [-0.2, -0.15) is 0 Å². The van der Waals surface area contributed by atoms with E-state index in [2.05, 4.69) is 0 Å². The fourth-order valence-corrected chi connectivity index (χ4v) is 2.16. The van der Waals surface area contributed by atoms with Gasteiger partial charge in [-0.3, -0.25) is 4.79 Å². The number of hydrogen-bond acceptors (Lipinski definition) is 2. The maximum absolute atomic E-state index is 11.6. The summed E-state index contributed by atoms with van der Waals surface area (Å²) in [5, 5.41) is 0.578. The van der Waals surface area contributed by atoms with E-state index in [0.717, 1.165) is 16.7 Å². The van der Waals surface area contributed by atoms with Crippen LogP contribution < -0.4 is 4.74 Å². The van der Waals surface area contributed by atoms with E-state index in [9.17, 15) is 4.79 Å². The van der Waals surface area contributed by atoms with Crippen molar-refractivity contribution in [2.75, 3.05) is 7.11 Å². The molecule has 0 heterocycles. The highest BCUT2D eigenvalue weighted by atomic mass is 35.5. The molecule has 0 saturated carbocycles. The molecule has 0 amide bonds. The van der Waals surface area contributed by atoms with Gasteiger partial charge in [-0.1, -0.05) is 48.9 Å². The minimum Gasteiger partial charge on any atom is -0.495 e. The minimum absolute atomic E-state index is 0.152. The molecule has 0 aliphatic carbocycles. The molecule has 0 aliphatic rings. The Morgan fingerprint density at radius 3 is 2.26 bits per heavy atom. The third-order valence-electron chi connectivity index (χ3n) is 3.01. The molecule has 0 spiro atoms. The van der Waals surface area contributed by atoms with Crippen molar-refractivity contribution in [3.63, 3.8) is 0 Å². The summed E-state index contributed by atoms with van der Waals surface area (Å²) in [6.07, 6.45) is 0.522. The normalized spacial score (nSPS) is 10.3. The second kappa shape index (κ2) is 5.89. The summed E-state index contributed by atoms with van der Waals surface area (Å²) in [4.78, 5) is 11.6. The molecular formula is C16H15ClO2. The monoisotopic (exact) mass is 274 g/mol. The average molecular weight is 275 g/mol. The van der Waals surface area contributed by atoms with Crippen LogP contribution in [0.5, 0.6) is 5.75 Å². The van der Waals surface area contributed by atoms with Gasteiger partial charge in [0, 0.05) is 12.0 Å². The molecule has 2 aromatic carbocycles. The molecule has 0 saturated heterocycles. The lowest BCUT2D eigenvalue weighted by molar-refractivity contribution is 0.0988. The summed E-state index contributed by atoms with van der Waals surface area (Å²) < 4.78 is 5.12. The fourth-order valence-electron chi connectivity index (χ4n) is 1.90. The Morgan fingerprint density at radius 1 is 1.11 bits per heavy atom. The number of rotatable bonds is 4. The molecule has 0 bridgehead atoms. The lowest BCUT2D eigenvalue weighted by atomic mass is 10.0. The summed E-state index contributed by atoms with van der Waals surface area (Å²) in [5.41, 5.74) is 2.77. The maximum atomic E-state index is 11.6. The van der Waals surface area contributed by atoms with Crippen LogP contribution in [0.25, 0.3) is 11.1 Å². The Hall–Kier alpha value is -1.80. The molecule has 0 aliphatic heterocycles. The lowest BCUT2D eigenvalue weighted by Crippen LogP contribution is -1.95. The molecule has 0 radical (unpaired) electrons. The highest BCUT2D eigenvalue weighted by molar-refractivity contribution is 6.32. The average Bonchev–Trinajstić information content (AvgIpc) is 2.46. The van der Waals surface area contributed by atoms with E-state index >= 15 is 0 Å². The highest BCUT2D eigenvalue weighted by Crippen LogP contribution is 2.30. The van der Waals surface area contributed by atoms with Gasteiger partial charge >= 0.3 is 0 Å². The second-order valence-electron chi connectivity index (χ2n) is 4.20. The molecule has 0 aromatic heterocycles. The van der Waals surface area contributed by atoms with Crippen LogP contribution in [-0.4, -0.2) is 12.9 Å². The van der Waals surface area contributed by atoms with E-state index in [-0.39, 0.29) is 5.78 Å². The third-order valence-corrected chi connectivity index (χ3v) is 3.31. The van der Waals surface area contributed by atoms with Crippen molar-refractivity contribution in [3.05, 3.63) is 53.1 Å². The molecule has 2 rings (SSSR count). The number of ether oxygens (including phenoxy) is 1. The topological polar surface area (TPSA) is 26.3 Å². The van der Waals surface area contributed by atoms with Gasteiger partial charge in [-0.25, -0.2) is 0 Å². The molecule has 0 N–H and O–H groups in total. The maximum Gasteiger partial charge on any atom is 0.162 e. The summed E-state index contributed by atoms with van der Waals surface area (Å²) in [6.45, 7) is 1.86. The Morgan fingerprint density at radius 2 is 1.74 bits per heavy atom. The van der Waals surface area contributed by atoms with Crippen molar-refractivity contribution >= 4 is 17.4 Å². The lowest BCUT2D eigenvalue weighted by Gasteiger charge is -2.07. The smallest absolute Gasteiger partial charge is 0.162 e. The SMILES string of the molecule is CCC(=O)c1ccc(-c2ccc(OC)c(Cl)c2)cc1. The van der Waals surface area contributed by atoms with Crippen molar-refractivity contribution in [1.82, 2.24) is 0 Å². The first-order valence-electron chi connectivity index (χ1n) is 6.13. The number of carbonyl (C=O) groups is 1. The van der Waals surface area contributed by atoms with Gasteiger partial charge in [0.1, 0.15) is 5.75 Å². The van der Waals surface area contributed by atoms with Crippen LogP contribution in [0.3, 0.4) is 0 Å². The van der Waals surface area contributed by atoms with Crippen molar-refractivity contribution < 1.29 is 9.53 Å². The Kier molecular flexibility index (Phi) is 4.23. The first-order chi connectivity index (χ1) is 9.15. The summed E-state index contributed by atoms with van der Waals surface area (Å²) in [6, 6.07) is 13.2. The van der Waals surface area contributed by atoms with Crippen molar-refractivity contribution in [3.8, 4) is 16.9 Å². The third kappa shape index (κ3) is 2.96. The van der Waals surface area contributed by atoms with Gasteiger partial charge in [0.05, 0.1) is 12.1 Å². The standard InChI is InChI=1S/C16H15ClO2/c1-3-15(18)12-6-4-11(5-7-12)13-8-9-16(19-2)14(17)10-13/h4-10H,3H2,1-2H3. The molecule has 3 heteroatoms. The van der Waals surface area contributed by atoms with E-state index in [1.165, 1.54) is 0 Å². The molecule has 2 aromatic rings. The van der Waals surface area contributed by atoms with Crippen LogP contribution in [0.4, 0.5) is 0 Å². The summed E-state index contributed by atoms with van der Waals surface area (Å²) >= 11 is 6.10. The van der Waals surface area contributed by atoms with Gasteiger partial charge in [0.25, 0.3) is 0 Å². The molecule has 0 fully saturated rings. The largest absolute Gasteiger partial charge is 0.495 e. The number of methoxy groups -OCH3 is 1. The zero-order chi connectivity index (χ0) is 13.8. The minimum atomic E-state index is 0.152. The van der Waals surface area contributed by atoms with Gasteiger partial charge in [-0.05, 0) is 23.3 Å². The van der Waals surface area contributed by atoms with Crippen LogP contribution in [0, 0.1) is 0 Å². The molecule has 19 heavy (non-hydrogen) atoms. The van der Waals surface area contributed by atoms with Crippen LogP contribution in [0.2, 0.25) is 5.02 Å². The van der Waals surface area contributed by atoms with Crippen LogP contribution in [-0.2, 0) is 0 Å². The first-order valence-corrected chi connectivity index (χ1v) is 6.50.